The van der Waals surface area contributed by atoms with Crippen LogP contribution in [0.25, 0.3) is 11.3 Å². The van der Waals surface area contributed by atoms with Crippen molar-refractivity contribution in [1.29, 1.82) is 0 Å². The maximum atomic E-state index is 13.5. The lowest BCUT2D eigenvalue weighted by Crippen LogP contribution is -1.95. The number of rotatable bonds is 4. The molecule has 3 nitrogen and oxygen atoms in total. The molecule has 0 aliphatic rings. The highest BCUT2D eigenvalue weighted by Crippen LogP contribution is 2.26. The minimum atomic E-state index is -0.420. The van der Waals surface area contributed by atoms with E-state index >= 15 is 0 Å². The number of Topliss-reactive ketones (excluding diaryl/α,β-unsaturated/α-hetero) is 1. The second-order valence-electron chi connectivity index (χ2n) is 3.85. The largest absolute Gasteiger partial charge is 0.494 e. The van der Waals surface area contributed by atoms with E-state index < -0.39 is 5.82 Å². The van der Waals surface area contributed by atoms with Gasteiger partial charge in [-0.05, 0) is 25.1 Å². The number of ether oxygens (including phenoxy) is 1. The van der Waals surface area contributed by atoms with E-state index in [4.69, 9.17) is 4.74 Å². The molecule has 0 fully saturated rings. The van der Waals surface area contributed by atoms with Crippen molar-refractivity contribution in [3.05, 3.63) is 34.4 Å². The molecule has 0 N–H and O–H groups in total. The molecule has 0 atom stereocenters. The number of hydrogen-bond acceptors (Lipinski definition) is 4. The molecule has 0 saturated carbocycles. The van der Waals surface area contributed by atoms with Crippen LogP contribution in [-0.4, -0.2) is 17.9 Å². The van der Waals surface area contributed by atoms with Crippen LogP contribution in [0.3, 0.4) is 0 Å². The van der Waals surface area contributed by atoms with Crippen LogP contribution in [0, 0.1) is 5.82 Å². The summed E-state index contributed by atoms with van der Waals surface area (Å²) in [5.41, 5.74) is 1.36. The van der Waals surface area contributed by atoms with E-state index in [0.29, 0.717) is 17.7 Å². The van der Waals surface area contributed by atoms with Gasteiger partial charge in [-0.1, -0.05) is 0 Å². The van der Waals surface area contributed by atoms with E-state index in [1.807, 2.05) is 5.38 Å². The second kappa shape index (κ2) is 5.27. The molecular formula is C13H12FNO2S. The Kier molecular flexibility index (Phi) is 3.72. The molecule has 0 amide bonds. The molecule has 2 rings (SSSR count). The Labute approximate surface area is 108 Å². The van der Waals surface area contributed by atoms with Crippen molar-refractivity contribution in [3.63, 3.8) is 0 Å². The number of carbonyl (C=O) groups excluding carboxylic acids is 1. The lowest BCUT2D eigenvalue weighted by Gasteiger charge is -2.02. The monoisotopic (exact) mass is 265 g/mol. The quantitative estimate of drug-likeness (QED) is 0.852. The number of carbonyl (C=O) groups is 1. The first-order chi connectivity index (χ1) is 8.60. The minimum absolute atomic E-state index is 0.0665. The summed E-state index contributed by atoms with van der Waals surface area (Å²) in [4.78, 5) is 15.3. The van der Waals surface area contributed by atoms with Crippen LogP contribution in [0.5, 0.6) is 5.75 Å². The van der Waals surface area contributed by atoms with Gasteiger partial charge in [0.25, 0.3) is 0 Å². The molecule has 0 spiro atoms. The van der Waals surface area contributed by atoms with Crippen LogP contribution in [0.2, 0.25) is 0 Å². The normalized spacial score (nSPS) is 10.4. The van der Waals surface area contributed by atoms with Crippen LogP contribution in [0.15, 0.2) is 23.6 Å². The van der Waals surface area contributed by atoms with Gasteiger partial charge >= 0.3 is 0 Å². The fourth-order valence-electron chi connectivity index (χ4n) is 1.56. The zero-order chi connectivity index (χ0) is 13.1. The smallest absolute Gasteiger partial charge is 0.165 e. The summed E-state index contributed by atoms with van der Waals surface area (Å²) in [6.07, 6.45) is 0.323. The van der Waals surface area contributed by atoms with Gasteiger partial charge in [0.1, 0.15) is 10.8 Å². The van der Waals surface area contributed by atoms with E-state index in [-0.39, 0.29) is 11.5 Å². The highest BCUT2D eigenvalue weighted by atomic mass is 32.1. The average Bonchev–Trinajstić information content (AvgIpc) is 2.76. The van der Waals surface area contributed by atoms with Crippen LogP contribution < -0.4 is 4.74 Å². The van der Waals surface area contributed by atoms with Crippen molar-refractivity contribution in [1.82, 2.24) is 4.98 Å². The maximum Gasteiger partial charge on any atom is 0.165 e. The number of benzene rings is 1. The first-order valence-corrected chi connectivity index (χ1v) is 6.26. The molecule has 0 saturated heterocycles. The molecule has 0 aliphatic carbocycles. The standard InChI is InChI=1S/C13H12FNO2S/c1-8(16)5-13-15-11(7-18-13)9-3-4-12(17-2)10(14)6-9/h3-4,6-7H,5H2,1-2H3. The number of nitrogens with zero attached hydrogens (tertiary/aromatic N) is 1. The zero-order valence-corrected chi connectivity index (χ0v) is 10.9. The van der Waals surface area contributed by atoms with Gasteiger partial charge in [-0.25, -0.2) is 9.37 Å². The summed E-state index contributed by atoms with van der Waals surface area (Å²) in [7, 11) is 1.42. The first kappa shape index (κ1) is 12.7. The minimum Gasteiger partial charge on any atom is -0.494 e. The topological polar surface area (TPSA) is 39.2 Å². The van der Waals surface area contributed by atoms with Gasteiger partial charge in [-0.2, -0.15) is 0 Å². The van der Waals surface area contributed by atoms with Gasteiger partial charge in [0, 0.05) is 10.9 Å². The number of hydrogen-bond donors (Lipinski definition) is 0. The zero-order valence-electron chi connectivity index (χ0n) is 10.1. The van der Waals surface area contributed by atoms with Gasteiger partial charge < -0.3 is 4.74 Å². The predicted molar refractivity (Wildman–Crippen MR) is 68.4 cm³/mol. The van der Waals surface area contributed by atoms with Gasteiger partial charge in [0.2, 0.25) is 0 Å². The van der Waals surface area contributed by atoms with E-state index in [1.165, 1.54) is 31.4 Å². The average molecular weight is 265 g/mol. The molecule has 0 radical (unpaired) electrons. The van der Waals surface area contributed by atoms with E-state index in [0.717, 1.165) is 5.01 Å². The Morgan fingerprint density at radius 2 is 2.28 bits per heavy atom. The third-order valence-electron chi connectivity index (χ3n) is 2.40. The van der Waals surface area contributed by atoms with Crippen molar-refractivity contribution >= 4 is 17.1 Å². The summed E-state index contributed by atoms with van der Waals surface area (Å²) in [6.45, 7) is 1.52. The van der Waals surface area contributed by atoms with Crippen LogP contribution >= 0.6 is 11.3 Å². The summed E-state index contributed by atoms with van der Waals surface area (Å²) < 4.78 is 18.4. The van der Waals surface area contributed by atoms with E-state index in [2.05, 4.69) is 4.98 Å². The summed E-state index contributed by atoms with van der Waals surface area (Å²) in [5.74, 6) is -0.147. The lowest BCUT2D eigenvalue weighted by molar-refractivity contribution is -0.116. The molecule has 2 aromatic rings. The number of aromatic nitrogens is 1. The molecule has 94 valence electrons. The molecule has 1 aromatic heterocycles. The van der Waals surface area contributed by atoms with Gasteiger partial charge in [0.05, 0.1) is 19.2 Å². The fraction of sp³-hybridized carbons (Fsp3) is 0.231. The fourth-order valence-corrected chi connectivity index (χ4v) is 2.44. The van der Waals surface area contributed by atoms with Gasteiger partial charge in [-0.15, -0.1) is 11.3 Å². The Morgan fingerprint density at radius 1 is 1.50 bits per heavy atom. The molecule has 1 heterocycles. The summed E-state index contributed by atoms with van der Waals surface area (Å²) in [5, 5.41) is 2.56. The summed E-state index contributed by atoms with van der Waals surface area (Å²) in [6, 6.07) is 4.69. The first-order valence-electron chi connectivity index (χ1n) is 5.38. The van der Waals surface area contributed by atoms with Crippen LogP contribution in [0.1, 0.15) is 11.9 Å². The van der Waals surface area contributed by atoms with Crippen molar-refractivity contribution in [2.45, 2.75) is 13.3 Å². The van der Waals surface area contributed by atoms with Crippen LogP contribution in [0.4, 0.5) is 4.39 Å². The van der Waals surface area contributed by atoms with E-state index in [1.54, 1.807) is 12.1 Å². The van der Waals surface area contributed by atoms with Crippen molar-refractivity contribution in [2.75, 3.05) is 7.11 Å². The SMILES string of the molecule is COc1ccc(-c2csc(CC(C)=O)n2)cc1F. The maximum absolute atomic E-state index is 13.5. The molecule has 0 aliphatic heterocycles. The highest BCUT2D eigenvalue weighted by Gasteiger charge is 2.09. The number of methoxy groups -OCH3 is 1. The third kappa shape index (κ3) is 2.73. The molecule has 5 heteroatoms. The summed E-state index contributed by atoms with van der Waals surface area (Å²) >= 11 is 1.40. The molecular weight excluding hydrogens is 253 g/mol. The number of ketones is 1. The Bertz CT molecular complexity index is 580. The van der Waals surface area contributed by atoms with Crippen LogP contribution in [-0.2, 0) is 11.2 Å². The van der Waals surface area contributed by atoms with E-state index in [9.17, 15) is 9.18 Å². The van der Waals surface area contributed by atoms with Crippen molar-refractivity contribution in [2.24, 2.45) is 0 Å². The predicted octanol–water partition coefficient (Wildman–Crippen LogP) is 3.09. The van der Waals surface area contributed by atoms with Gasteiger partial charge in [0.15, 0.2) is 11.6 Å². The number of thiazole rings is 1. The number of halogens is 1. The second-order valence-corrected chi connectivity index (χ2v) is 4.80. The molecule has 0 bridgehead atoms. The lowest BCUT2D eigenvalue weighted by atomic mass is 10.1. The Hall–Kier alpha value is -1.75. The molecule has 18 heavy (non-hydrogen) atoms. The highest BCUT2D eigenvalue weighted by molar-refractivity contribution is 7.10. The van der Waals surface area contributed by atoms with Crippen molar-refractivity contribution in [3.8, 4) is 17.0 Å². The molecule has 0 unspecified atom stereocenters. The van der Waals surface area contributed by atoms with Gasteiger partial charge in [-0.3, -0.25) is 4.79 Å². The third-order valence-corrected chi connectivity index (χ3v) is 3.25. The Balaban J connectivity index is 2.28. The molecule has 1 aromatic carbocycles. The van der Waals surface area contributed by atoms with Crippen molar-refractivity contribution < 1.29 is 13.9 Å². The Morgan fingerprint density at radius 3 is 2.89 bits per heavy atom.